The number of nitrogens with zero attached hydrogens (tertiary/aromatic N) is 2. The molecular formula is C20H36F3IN4. The fraction of sp³-hybridized carbons (Fsp3) is 0.950. The molecule has 1 saturated heterocycles. The number of alkyl halides is 3. The Hall–Kier alpha value is -0.250. The van der Waals surface area contributed by atoms with Crippen LogP contribution in [0.15, 0.2) is 4.99 Å². The molecule has 0 amide bonds. The number of nitrogens with one attached hydrogen (secondary N) is 2. The molecule has 0 radical (unpaired) electrons. The SMILES string of the molecule is CCNC(=NCC(C1CC1)C1CC1)NCCC1CCN(CC(F)(F)F)CC1.I. The summed E-state index contributed by atoms with van der Waals surface area (Å²) < 4.78 is 37.4. The van der Waals surface area contributed by atoms with Gasteiger partial charge in [-0.2, -0.15) is 13.2 Å². The van der Waals surface area contributed by atoms with Gasteiger partial charge in [-0.3, -0.25) is 9.89 Å². The number of likely N-dealkylation sites (tertiary alicyclic amines) is 1. The first-order valence-corrected chi connectivity index (χ1v) is 10.8. The number of piperidine rings is 1. The minimum atomic E-state index is -4.08. The van der Waals surface area contributed by atoms with Gasteiger partial charge >= 0.3 is 6.18 Å². The smallest absolute Gasteiger partial charge is 0.357 e. The highest BCUT2D eigenvalue weighted by Crippen LogP contribution is 2.49. The molecule has 1 heterocycles. The lowest BCUT2D eigenvalue weighted by Gasteiger charge is -2.32. The van der Waals surface area contributed by atoms with Crippen LogP contribution in [0, 0.1) is 23.7 Å². The van der Waals surface area contributed by atoms with E-state index in [9.17, 15) is 13.2 Å². The molecule has 0 aromatic rings. The maximum Gasteiger partial charge on any atom is 0.401 e. The molecule has 3 aliphatic rings. The van der Waals surface area contributed by atoms with Gasteiger partial charge in [0.15, 0.2) is 5.96 Å². The van der Waals surface area contributed by atoms with Gasteiger partial charge in [0, 0.05) is 19.6 Å². The van der Waals surface area contributed by atoms with Crippen LogP contribution in [0.4, 0.5) is 13.2 Å². The normalized spacial score (nSPS) is 22.2. The molecule has 0 aromatic heterocycles. The van der Waals surface area contributed by atoms with E-state index in [0.717, 1.165) is 62.6 Å². The molecule has 28 heavy (non-hydrogen) atoms. The molecule has 0 atom stereocenters. The van der Waals surface area contributed by atoms with E-state index in [1.807, 2.05) is 0 Å². The fourth-order valence-electron chi connectivity index (χ4n) is 4.35. The summed E-state index contributed by atoms with van der Waals surface area (Å²) in [6.45, 7) is 5.05. The minimum absolute atomic E-state index is 0. The molecule has 3 fully saturated rings. The summed E-state index contributed by atoms with van der Waals surface area (Å²) in [5.74, 6) is 4.00. The maximum absolute atomic E-state index is 12.5. The fourth-order valence-corrected chi connectivity index (χ4v) is 4.35. The Morgan fingerprint density at radius 2 is 1.64 bits per heavy atom. The Balaban J connectivity index is 0.00000280. The second kappa shape index (κ2) is 11.2. The Morgan fingerprint density at radius 3 is 2.14 bits per heavy atom. The van der Waals surface area contributed by atoms with Gasteiger partial charge in [-0.15, -0.1) is 24.0 Å². The van der Waals surface area contributed by atoms with Crippen molar-refractivity contribution < 1.29 is 13.2 Å². The standard InChI is InChI=1S/C20H35F3N4.HI/c1-2-24-19(26-13-18(16-3-4-16)17-5-6-17)25-10-7-15-8-11-27(12-9-15)14-20(21,22)23;/h15-18H,2-14H2,1H3,(H2,24,25,26);1H. The van der Waals surface area contributed by atoms with Crippen LogP contribution in [-0.2, 0) is 0 Å². The molecule has 2 aliphatic carbocycles. The van der Waals surface area contributed by atoms with Gasteiger partial charge in [-0.05, 0) is 88.6 Å². The maximum atomic E-state index is 12.5. The van der Waals surface area contributed by atoms with Crippen molar-refractivity contribution in [2.24, 2.45) is 28.7 Å². The van der Waals surface area contributed by atoms with Gasteiger partial charge in [0.05, 0.1) is 6.54 Å². The first kappa shape index (κ1) is 24.0. The Bertz CT molecular complexity index is 472. The van der Waals surface area contributed by atoms with Crippen LogP contribution in [0.3, 0.4) is 0 Å². The van der Waals surface area contributed by atoms with Crippen LogP contribution in [0.1, 0.15) is 51.9 Å². The molecule has 0 spiro atoms. The summed E-state index contributed by atoms with van der Waals surface area (Å²) in [6.07, 6.45) is 4.17. The van der Waals surface area contributed by atoms with Crippen molar-refractivity contribution in [3.05, 3.63) is 0 Å². The summed E-state index contributed by atoms with van der Waals surface area (Å²) >= 11 is 0. The van der Waals surface area contributed by atoms with Gasteiger partial charge in [0.25, 0.3) is 0 Å². The van der Waals surface area contributed by atoms with Crippen LogP contribution in [-0.4, -0.2) is 56.3 Å². The predicted molar refractivity (Wildman–Crippen MR) is 118 cm³/mol. The molecule has 0 bridgehead atoms. The van der Waals surface area contributed by atoms with E-state index in [-0.39, 0.29) is 24.0 Å². The monoisotopic (exact) mass is 516 g/mol. The zero-order chi connectivity index (χ0) is 19.3. The van der Waals surface area contributed by atoms with Crippen molar-refractivity contribution in [3.63, 3.8) is 0 Å². The number of hydrogen-bond acceptors (Lipinski definition) is 2. The Morgan fingerprint density at radius 1 is 1.04 bits per heavy atom. The van der Waals surface area contributed by atoms with E-state index < -0.39 is 12.7 Å². The number of aliphatic imine (C=N–C) groups is 1. The Kier molecular flexibility index (Phi) is 9.63. The van der Waals surface area contributed by atoms with E-state index >= 15 is 0 Å². The number of rotatable bonds is 9. The molecular weight excluding hydrogens is 480 g/mol. The molecule has 8 heteroatoms. The number of hydrogen-bond donors (Lipinski definition) is 2. The van der Waals surface area contributed by atoms with Gasteiger partial charge in [-0.25, -0.2) is 0 Å². The summed E-state index contributed by atoms with van der Waals surface area (Å²) in [6, 6.07) is 0. The van der Waals surface area contributed by atoms with Crippen molar-refractivity contribution in [3.8, 4) is 0 Å². The highest BCUT2D eigenvalue weighted by Gasteiger charge is 2.41. The zero-order valence-electron chi connectivity index (χ0n) is 16.9. The number of halogens is 4. The van der Waals surface area contributed by atoms with Crippen LogP contribution in [0.2, 0.25) is 0 Å². The predicted octanol–water partition coefficient (Wildman–Crippen LogP) is 4.26. The average Bonchev–Trinajstić information content (AvgIpc) is 3.49. The lowest BCUT2D eigenvalue weighted by atomic mass is 9.93. The van der Waals surface area contributed by atoms with E-state index in [2.05, 4.69) is 17.6 Å². The second-order valence-electron chi connectivity index (χ2n) is 8.61. The third kappa shape index (κ3) is 8.63. The van der Waals surface area contributed by atoms with Gasteiger partial charge in [-0.1, -0.05) is 0 Å². The topological polar surface area (TPSA) is 39.7 Å². The molecule has 2 N–H and O–H groups in total. The van der Waals surface area contributed by atoms with Crippen molar-refractivity contribution in [1.82, 2.24) is 15.5 Å². The highest BCUT2D eigenvalue weighted by molar-refractivity contribution is 14.0. The Labute approximate surface area is 184 Å². The van der Waals surface area contributed by atoms with E-state index in [1.54, 1.807) is 0 Å². The van der Waals surface area contributed by atoms with Crippen LogP contribution < -0.4 is 10.6 Å². The quantitative estimate of drug-likeness (QED) is 0.274. The first-order chi connectivity index (χ1) is 12.9. The lowest BCUT2D eigenvalue weighted by molar-refractivity contribution is -0.148. The van der Waals surface area contributed by atoms with Crippen molar-refractivity contribution in [2.45, 2.75) is 58.0 Å². The van der Waals surface area contributed by atoms with E-state index in [0.29, 0.717) is 19.0 Å². The summed E-state index contributed by atoms with van der Waals surface area (Å²) in [4.78, 5) is 6.37. The van der Waals surface area contributed by atoms with E-state index in [4.69, 9.17) is 4.99 Å². The van der Waals surface area contributed by atoms with E-state index in [1.165, 1.54) is 30.6 Å². The molecule has 1 aliphatic heterocycles. The summed E-state index contributed by atoms with van der Waals surface area (Å²) in [5, 5.41) is 6.77. The van der Waals surface area contributed by atoms with Crippen LogP contribution in [0.25, 0.3) is 0 Å². The first-order valence-electron chi connectivity index (χ1n) is 10.8. The molecule has 0 aromatic carbocycles. The largest absolute Gasteiger partial charge is 0.401 e. The molecule has 4 nitrogen and oxygen atoms in total. The van der Waals surface area contributed by atoms with Gasteiger partial charge in [0.2, 0.25) is 0 Å². The van der Waals surface area contributed by atoms with Crippen molar-refractivity contribution >= 4 is 29.9 Å². The van der Waals surface area contributed by atoms with Crippen molar-refractivity contribution in [1.29, 1.82) is 0 Å². The van der Waals surface area contributed by atoms with Crippen molar-refractivity contribution in [2.75, 3.05) is 39.3 Å². The third-order valence-electron chi connectivity index (χ3n) is 6.21. The summed E-state index contributed by atoms with van der Waals surface area (Å²) in [5.41, 5.74) is 0. The highest BCUT2D eigenvalue weighted by atomic mass is 127. The molecule has 164 valence electrons. The summed E-state index contributed by atoms with van der Waals surface area (Å²) in [7, 11) is 0. The minimum Gasteiger partial charge on any atom is -0.357 e. The van der Waals surface area contributed by atoms with Gasteiger partial charge in [0.1, 0.15) is 0 Å². The zero-order valence-corrected chi connectivity index (χ0v) is 19.3. The van der Waals surface area contributed by atoms with Crippen LogP contribution in [0.5, 0.6) is 0 Å². The molecule has 0 unspecified atom stereocenters. The average molecular weight is 516 g/mol. The molecule has 3 rings (SSSR count). The third-order valence-corrected chi connectivity index (χ3v) is 6.21. The molecule has 2 saturated carbocycles. The van der Waals surface area contributed by atoms with Gasteiger partial charge < -0.3 is 10.6 Å². The lowest BCUT2D eigenvalue weighted by Crippen LogP contribution is -2.41. The second-order valence-corrected chi connectivity index (χ2v) is 8.61. The number of guanidine groups is 1. The van der Waals surface area contributed by atoms with Crippen LogP contribution >= 0.6 is 24.0 Å².